The zero-order valence-electron chi connectivity index (χ0n) is 13.5. The smallest absolute Gasteiger partial charge is 0.240 e. The van der Waals surface area contributed by atoms with Crippen molar-refractivity contribution in [1.82, 2.24) is 9.80 Å². The van der Waals surface area contributed by atoms with E-state index in [2.05, 4.69) is 15.9 Å². The monoisotopic (exact) mass is 348 g/mol. The van der Waals surface area contributed by atoms with E-state index in [9.17, 15) is 10.1 Å². The summed E-state index contributed by atoms with van der Waals surface area (Å²) >= 11 is 5.95. The van der Waals surface area contributed by atoms with Crippen molar-refractivity contribution in [3.63, 3.8) is 0 Å². The Morgan fingerprint density at radius 3 is 2.71 bits per heavy atom. The molecule has 128 valence electrons. The van der Waals surface area contributed by atoms with Crippen LogP contribution in [0.15, 0.2) is 18.2 Å². The summed E-state index contributed by atoms with van der Waals surface area (Å²) in [5, 5.41) is 9.83. The summed E-state index contributed by atoms with van der Waals surface area (Å²) in [4.78, 5) is 16.4. The molecular formula is C17H21ClN4O2. The fourth-order valence-corrected chi connectivity index (χ4v) is 3.69. The van der Waals surface area contributed by atoms with Gasteiger partial charge >= 0.3 is 0 Å². The molecular weight excluding hydrogens is 328 g/mol. The number of hydrogen-bond acceptors (Lipinski definition) is 5. The summed E-state index contributed by atoms with van der Waals surface area (Å²) < 4.78 is 5.43. The van der Waals surface area contributed by atoms with E-state index in [-0.39, 0.29) is 5.91 Å². The molecule has 6 nitrogen and oxygen atoms in total. The van der Waals surface area contributed by atoms with Gasteiger partial charge in [0, 0.05) is 50.8 Å². The Balaban J connectivity index is 1.64. The molecule has 0 spiro atoms. The molecule has 3 rings (SSSR count). The minimum Gasteiger partial charge on any atom is -0.379 e. The number of primary amides is 1. The molecule has 1 amide bonds. The van der Waals surface area contributed by atoms with Crippen molar-refractivity contribution in [1.29, 1.82) is 5.26 Å². The van der Waals surface area contributed by atoms with Crippen molar-refractivity contribution in [3.05, 3.63) is 34.3 Å². The lowest BCUT2D eigenvalue weighted by atomic mass is 9.94. The number of benzene rings is 1. The Labute approximate surface area is 146 Å². The lowest BCUT2D eigenvalue weighted by Crippen LogP contribution is -2.63. The fraction of sp³-hybridized carbons (Fsp3) is 0.529. The number of carbonyl (C=O) groups is 1. The fourth-order valence-electron chi connectivity index (χ4n) is 3.52. The highest BCUT2D eigenvalue weighted by molar-refractivity contribution is 6.30. The lowest BCUT2D eigenvalue weighted by molar-refractivity contribution is -0.132. The number of rotatable bonds is 4. The van der Waals surface area contributed by atoms with Gasteiger partial charge in [-0.3, -0.25) is 14.6 Å². The van der Waals surface area contributed by atoms with Crippen LogP contribution in [-0.2, 0) is 16.1 Å². The average molecular weight is 349 g/mol. The van der Waals surface area contributed by atoms with Gasteiger partial charge in [-0.05, 0) is 17.7 Å². The van der Waals surface area contributed by atoms with Gasteiger partial charge in [0.1, 0.15) is 5.54 Å². The Kier molecular flexibility index (Phi) is 5.07. The maximum absolute atomic E-state index is 11.9. The quantitative estimate of drug-likeness (QED) is 0.876. The molecule has 2 N–H and O–H groups in total. The van der Waals surface area contributed by atoms with Crippen molar-refractivity contribution in [2.24, 2.45) is 5.73 Å². The van der Waals surface area contributed by atoms with E-state index in [1.54, 1.807) is 6.07 Å². The van der Waals surface area contributed by atoms with Crippen LogP contribution < -0.4 is 5.73 Å². The van der Waals surface area contributed by atoms with Gasteiger partial charge in [0.05, 0.1) is 18.2 Å². The third-order valence-corrected chi connectivity index (χ3v) is 5.26. The number of ether oxygens (including phenoxy) is 1. The van der Waals surface area contributed by atoms with Crippen LogP contribution in [-0.4, -0.2) is 60.6 Å². The molecule has 0 saturated carbocycles. The zero-order valence-corrected chi connectivity index (χ0v) is 14.3. The Bertz CT molecular complexity index is 659. The molecule has 0 radical (unpaired) electrons. The minimum absolute atomic E-state index is 0.294. The normalized spacial score (nSPS) is 25.5. The summed E-state index contributed by atoms with van der Waals surface area (Å²) in [7, 11) is 0. The second-order valence-electron chi connectivity index (χ2n) is 6.37. The molecule has 1 aromatic carbocycles. The van der Waals surface area contributed by atoms with Crippen molar-refractivity contribution >= 4 is 17.5 Å². The first-order valence-electron chi connectivity index (χ1n) is 8.09. The molecule has 0 bridgehead atoms. The molecule has 1 aromatic rings. The summed E-state index contributed by atoms with van der Waals surface area (Å²) in [6.45, 7) is 4.85. The molecule has 1 unspecified atom stereocenters. The lowest BCUT2D eigenvalue weighted by Gasteiger charge is -2.43. The molecule has 1 atom stereocenters. The third-order valence-electron chi connectivity index (χ3n) is 5.02. The topological polar surface area (TPSA) is 82.6 Å². The van der Waals surface area contributed by atoms with Crippen LogP contribution in [0.3, 0.4) is 0 Å². The van der Waals surface area contributed by atoms with Gasteiger partial charge in [0.2, 0.25) is 5.91 Å². The number of piperazine rings is 1. The maximum atomic E-state index is 11.9. The number of halogens is 1. The molecule has 7 heteroatoms. The van der Waals surface area contributed by atoms with Crippen LogP contribution in [0, 0.1) is 11.3 Å². The highest BCUT2D eigenvalue weighted by atomic mass is 35.5. The van der Waals surface area contributed by atoms with Crippen LogP contribution in [0.25, 0.3) is 0 Å². The van der Waals surface area contributed by atoms with Gasteiger partial charge < -0.3 is 10.5 Å². The molecule has 0 aliphatic carbocycles. The highest BCUT2D eigenvalue weighted by Gasteiger charge is 2.46. The number of nitrogens with zero attached hydrogens (tertiary/aromatic N) is 3. The van der Waals surface area contributed by atoms with Gasteiger partial charge in [0.15, 0.2) is 0 Å². The second-order valence-corrected chi connectivity index (χ2v) is 6.81. The van der Waals surface area contributed by atoms with E-state index in [4.69, 9.17) is 22.1 Å². The number of amides is 1. The predicted octanol–water partition coefficient (Wildman–Crippen LogP) is 0.974. The van der Waals surface area contributed by atoms with Crippen LogP contribution in [0.1, 0.15) is 17.5 Å². The molecule has 2 fully saturated rings. The molecule has 2 aliphatic heterocycles. The SMILES string of the molecule is N#Cc1cc(Cl)ccc1CN1CCN(C2(C(N)=O)CCOC2)CC1. The van der Waals surface area contributed by atoms with Crippen LogP contribution in [0.2, 0.25) is 5.02 Å². The molecule has 2 heterocycles. The molecule has 2 aliphatic rings. The van der Waals surface area contributed by atoms with Crippen LogP contribution in [0.5, 0.6) is 0 Å². The third kappa shape index (κ3) is 3.26. The van der Waals surface area contributed by atoms with Gasteiger partial charge in [-0.2, -0.15) is 5.26 Å². The maximum Gasteiger partial charge on any atom is 0.240 e. The van der Waals surface area contributed by atoms with Crippen LogP contribution in [0.4, 0.5) is 0 Å². The standard InChI is InChI=1S/C17H21ClN4O2/c18-15-2-1-13(14(9-15)10-19)11-21-4-6-22(7-5-21)17(16(20)23)3-8-24-12-17/h1-2,9H,3-8,11-12H2,(H2,20,23). The summed E-state index contributed by atoms with van der Waals surface area (Å²) in [6, 6.07) is 7.62. The molecule has 24 heavy (non-hydrogen) atoms. The Hall–Kier alpha value is -1.65. The minimum atomic E-state index is -0.649. The van der Waals surface area contributed by atoms with E-state index in [1.165, 1.54) is 0 Å². The first kappa shape index (κ1) is 17.2. The van der Waals surface area contributed by atoms with Gasteiger partial charge in [0.25, 0.3) is 0 Å². The first-order chi connectivity index (χ1) is 11.5. The van der Waals surface area contributed by atoms with Crippen molar-refractivity contribution in [3.8, 4) is 6.07 Å². The molecule has 2 saturated heterocycles. The number of nitriles is 1. The predicted molar refractivity (Wildman–Crippen MR) is 90.4 cm³/mol. The van der Waals surface area contributed by atoms with E-state index in [0.29, 0.717) is 36.8 Å². The zero-order chi connectivity index (χ0) is 17.2. The second kappa shape index (κ2) is 7.08. The highest BCUT2D eigenvalue weighted by Crippen LogP contribution is 2.28. The summed E-state index contributed by atoms with van der Waals surface area (Å²) in [5.41, 5.74) is 6.59. The van der Waals surface area contributed by atoms with Crippen molar-refractivity contribution in [2.45, 2.75) is 18.5 Å². The number of carbonyl (C=O) groups excluding carboxylic acids is 1. The Morgan fingerprint density at radius 2 is 2.12 bits per heavy atom. The van der Waals surface area contributed by atoms with Gasteiger partial charge in [-0.25, -0.2) is 0 Å². The van der Waals surface area contributed by atoms with Crippen molar-refractivity contribution in [2.75, 3.05) is 39.4 Å². The van der Waals surface area contributed by atoms with Gasteiger partial charge in [-0.15, -0.1) is 0 Å². The van der Waals surface area contributed by atoms with E-state index in [1.807, 2.05) is 12.1 Å². The van der Waals surface area contributed by atoms with Crippen molar-refractivity contribution < 1.29 is 9.53 Å². The van der Waals surface area contributed by atoms with E-state index < -0.39 is 5.54 Å². The molecule has 0 aromatic heterocycles. The van der Waals surface area contributed by atoms with E-state index >= 15 is 0 Å². The van der Waals surface area contributed by atoms with Crippen LogP contribution >= 0.6 is 11.6 Å². The summed E-state index contributed by atoms with van der Waals surface area (Å²) in [6.07, 6.45) is 0.665. The van der Waals surface area contributed by atoms with E-state index in [0.717, 1.165) is 31.7 Å². The first-order valence-corrected chi connectivity index (χ1v) is 8.46. The van der Waals surface area contributed by atoms with Gasteiger partial charge in [-0.1, -0.05) is 17.7 Å². The number of hydrogen-bond donors (Lipinski definition) is 1. The summed E-state index contributed by atoms with van der Waals surface area (Å²) in [5.74, 6) is -0.294. The number of nitrogens with two attached hydrogens (primary N) is 1. The Morgan fingerprint density at radius 1 is 1.38 bits per heavy atom. The largest absolute Gasteiger partial charge is 0.379 e. The average Bonchev–Trinajstić information content (AvgIpc) is 3.08.